The van der Waals surface area contributed by atoms with Gasteiger partial charge in [0.1, 0.15) is 6.29 Å². The summed E-state index contributed by atoms with van der Waals surface area (Å²) in [6.45, 7) is 0. The number of rotatable bonds is 3. The summed E-state index contributed by atoms with van der Waals surface area (Å²) in [5.41, 5.74) is 1.10. The smallest absolute Gasteiger partial charge is 0.133 e. The van der Waals surface area contributed by atoms with Gasteiger partial charge in [-0.05, 0) is 24.1 Å². The first-order valence-corrected chi connectivity index (χ1v) is 4.85. The molecule has 0 aliphatic carbocycles. The van der Waals surface area contributed by atoms with Crippen LogP contribution in [-0.4, -0.2) is 11.1 Å². The molecule has 0 amide bonds. The predicted octanol–water partition coefficient (Wildman–Crippen LogP) is 2.84. The average Bonchev–Trinajstić information content (AvgIpc) is 2.09. The van der Waals surface area contributed by atoms with Crippen molar-refractivity contribution in [2.75, 3.05) is 0 Å². The molecule has 1 unspecified atom stereocenters. The molecular formula is C9H8BrClO. The fourth-order valence-corrected chi connectivity index (χ4v) is 1.39. The number of carbonyl (C=O) groups is 1. The van der Waals surface area contributed by atoms with Crippen LogP contribution >= 0.6 is 27.5 Å². The summed E-state index contributed by atoms with van der Waals surface area (Å²) in [5, 5.41) is 0.718. The molecule has 0 radical (unpaired) electrons. The highest BCUT2D eigenvalue weighted by Gasteiger charge is 2.02. The molecule has 0 aliphatic rings. The van der Waals surface area contributed by atoms with E-state index in [4.69, 9.17) is 11.6 Å². The lowest BCUT2D eigenvalue weighted by Gasteiger charge is -2.01. The Morgan fingerprint density at radius 1 is 1.42 bits per heavy atom. The summed E-state index contributed by atoms with van der Waals surface area (Å²) in [6.07, 6.45) is 1.59. The third-order valence-electron chi connectivity index (χ3n) is 1.49. The topological polar surface area (TPSA) is 17.1 Å². The van der Waals surface area contributed by atoms with Crippen molar-refractivity contribution >= 4 is 33.8 Å². The molecule has 0 saturated carbocycles. The van der Waals surface area contributed by atoms with Crippen molar-refractivity contribution in [2.45, 2.75) is 11.2 Å². The molecule has 3 heteroatoms. The number of aldehydes is 1. The predicted molar refractivity (Wildman–Crippen MR) is 53.9 cm³/mol. The van der Waals surface area contributed by atoms with Gasteiger partial charge in [-0.3, -0.25) is 0 Å². The summed E-state index contributed by atoms with van der Waals surface area (Å²) in [7, 11) is 0. The minimum atomic E-state index is -0.0984. The highest BCUT2D eigenvalue weighted by Crippen LogP contribution is 2.12. The van der Waals surface area contributed by atoms with E-state index in [-0.39, 0.29) is 4.83 Å². The molecule has 64 valence electrons. The van der Waals surface area contributed by atoms with Gasteiger partial charge in [-0.2, -0.15) is 0 Å². The number of hydrogen-bond acceptors (Lipinski definition) is 1. The molecule has 0 aromatic heterocycles. The van der Waals surface area contributed by atoms with E-state index in [1.165, 1.54) is 0 Å². The minimum Gasteiger partial charge on any atom is -0.302 e. The van der Waals surface area contributed by atoms with Crippen LogP contribution in [0.4, 0.5) is 0 Å². The Labute approximate surface area is 84.9 Å². The standard InChI is InChI=1S/C9H8BrClO/c10-8(6-12)5-7-1-3-9(11)4-2-7/h1-4,6,8H,5H2. The van der Waals surface area contributed by atoms with Gasteiger partial charge in [0.15, 0.2) is 0 Å². The molecular weight excluding hydrogens is 239 g/mol. The second-order valence-electron chi connectivity index (χ2n) is 2.48. The van der Waals surface area contributed by atoms with Gasteiger partial charge < -0.3 is 4.79 Å². The Morgan fingerprint density at radius 2 is 2.00 bits per heavy atom. The van der Waals surface area contributed by atoms with Gasteiger partial charge in [0.25, 0.3) is 0 Å². The number of carbonyl (C=O) groups excluding carboxylic acids is 1. The molecule has 12 heavy (non-hydrogen) atoms. The van der Waals surface area contributed by atoms with Gasteiger partial charge in [0.2, 0.25) is 0 Å². The number of alkyl halides is 1. The van der Waals surface area contributed by atoms with Crippen molar-refractivity contribution in [2.24, 2.45) is 0 Å². The van der Waals surface area contributed by atoms with Gasteiger partial charge in [0, 0.05) is 5.02 Å². The molecule has 1 nitrogen and oxygen atoms in total. The fraction of sp³-hybridized carbons (Fsp3) is 0.222. The monoisotopic (exact) mass is 246 g/mol. The third kappa shape index (κ3) is 2.95. The SMILES string of the molecule is O=CC(Br)Cc1ccc(Cl)cc1. The first-order valence-electron chi connectivity index (χ1n) is 3.56. The van der Waals surface area contributed by atoms with Gasteiger partial charge in [-0.25, -0.2) is 0 Å². The second-order valence-corrected chi connectivity index (χ2v) is 4.10. The quantitative estimate of drug-likeness (QED) is 0.593. The summed E-state index contributed by atoms with van der Waals surface area (Å²) in [5.74, 6) is 0. The van der Waals surface area contributed by atoms with Crippen LogP contribution in [-0.2, 0) is 11.2 Å². The van der Waals surface area contributed by atoms with Crippen molar-refractivity contribution in [3.05, 3.63) is 34.9 Å². The fourth-order valence-electron chi connectivity index (χ4n) is 0.894. The van der Waals surface area contributed by atoms with Gasteiger partial charge in [-0.1, -0.05) is 39.7 Å². The van der Waals surface area contributed by atoms with Crippen LogP contribution in [0.5, 0.6) is 0 Å². The van der Waals surface area contributed by atoms with Crippen LogP contribution in [0, 0.1) is 0 Å². The Morgan fingerprint density at radius 3 is 2.50 bits per heavy atom. The maximum absolute atomic E-state index is 10.3. The molecule has 0 saturated heterocycles. The molecule has 1 atom stereocenters. The normalized spacial score (nSPS) is 12.5. The summed E-state index contributed by atoms with van der Waals surface area (Å²) in [4.78, 5) is 10.2. The molecule has 0 heterocycles. The van der Waals surface area contributed by atoms with E-state index < -0.39 is 0 Å². The van der Waals surface area contributed by atoms with Gasteiger partial charge >= 0.3 is 0 Å². The zero-order valence-electron chi connectivity index (χ0n) is 6.34. The highest BCUT2D eigenvalue weighted by molar-refractivity contribution is 9.09. The number of hydrogen-bond donors (Lipinski definition) is 0. The lowest BCUT2D eigenvalue weighted by molar-refractivity contribution is -0.107. The first kappa shape index (κ1) is 9.75. The van der Waals surface area contributed by atoms with Crippen molar-refractivity contribution < 1.29 is 4.79 Å². The van der Waals surface area contributed by atoms with E-state index in [2.05, 4.69) is 15.9 Å². The van der Waals surface area contributed by atoms with E-state index >= 15 is 0 Å². The maximum Gasteiger partial charge on any atom is 0.133 e. The molecule has 0 N–H and O–H groups in total. The van der Waals surface area contributed by atoms with Crippen LogP contribution in [0.15, 0.2) is 24.3 Å². The zero-order valence-corrected chi connectivity index (χ0v) is 8.68. The molecule has 0 aliphatic heterocycles. The van der Waals surface area contributed by atoms with Crippen LogP contribution in [0.3, 0.4) is 0 Å². The van der Waals surface area contributed by atoms with Crippen LogP contribution in [0.25, 0.3) is 0 Å². The molecule has 1 rings (SSSR count). The van der Waals surface area contributed by atoms with Crippen molar-refractivity contribution in [3.63, 3.8) is 0 Å². The number of halogens is 2. The molecule has 0 spiro atoms. The molecule has 0 fully saturated rings. The molecule has 0 bridgehead atoms. The van der Waals surface area contributed by atoms with Gasteiger partial charge in [-0.15, -0.1) is 0 Å². The number of benzene rings is 1. The summed E-state index contributed by atoms with van der Waals surface area (Å²) < 4.78 is 0. The van der Waals surface area contributed by atoms with E-state index in [0.29, 0.717) is 6.42 Å². The minimum absolute atomic E-state index is 0.0984. The largest absolute Gasteiger partial charge is 0.302 e. The van der Waals surface area contributed by atoms with Crippen LogP contribution in [0.2, 0.25) is 5.02 Å². The van der Waals surface area contributed by atoms with E-state index in [0.717, 1.165) is 16.9 Å². The maximum atomic E-state index is 10.3. The Hall–Kier alpha value is -0.340. The Balaban J connectivity index is 2.64. The Bertz CT molecular complexity index is 258. The zero-order chi connectivity index (χ0) is 8.97. The molecule has 1 aromatic rings. The lowest BCUT2D eigenvalue weighted by atomic mass is 10.1. The highest BCUT2D eigenvalue weighted by atomic mass is 79.9. The van der Waals surface area contributed by atoms with Crippen LogP contribution < -0.4 is 0 Å². The average molecular weight is 248 g/mol. The molecule has 1 aromatic carbocycles. The van der Waals surface area contributed by atoms with Crippen molar-refractivity contribution in [1.82, 2.24) is 0 Å². The second kappa shape index (κ2) is 4.63. The van der Waals surface area contributed by atoms with Crippen molar-refractivity contribution in [1.29, 1.82) is 0 Å². The summed E-state index contributed by atoms with van der Waals surface area (Å²) in [6, 6.07) is 7.48. The van der Waals surface area contributed by atoms with Gasteiger partial charge in [0.05, 0.1) is 4.83 Å². The van der Waals surface area contributed by atoms with E-state index in [1.807, 2.05) is 24.3 Å². The Kier molecular flexibility index (Phi) is 3.76. The summed E-state index contributed by atoms with van der Waals surface area (Å²) >= 11 is 8.93. The van der Waals surface area contributed by atoms with Crippen LogP contribution in [0.1, 0.15) is 5.56 Å². The first-order chi connectivity index (χ1) is 5.72. The third-order valence-corrected chi connectivity index (χ3v) is 2.28. The van der Waals surface area contributed by atoms with E-state index in [1.54, 1.807) is 0 Å². The lowest BCUT2D eigenvalue weighted by Crippen LogP contribution is -2.02. The van der Waals surface area contributed by atoms with E-state index in [9.17, 15) is 4.79 Å². The van der Waals surface area contributed by atoms with Crippen molar-refractivity contribution in [3.8, 4) is 0 Å².